The van der Waals surface area contributed by atoms with Gasteiger partial charge in [0.2, 0.25) is 10.3 Å². The fourth-order valence-electron chi connectivity index (χ4n) is 13.8. The molecule has 0 radical (unpaired) electrons. The molecule has 660 valence electrons. The van der Waals surface area contributed by atoms with Gasteiger partial charge in [-0.2, -0.15) is 0 Å². The van der Waals surface area contributed by atoms with Gasteiger partial charge >= 0.3 is 0 Å². The Kier molecular flexibility index (Phi) is 27.5. The SMILES string of the molecule is O=S(=S)(Sc1sc(Sc2ccncc2)c(Sc2ncccn2)c1Sc1c(SS(=O)(=S)c2nc(Sc3nc4ccccc4[nH]3)c3c(Sc4ncc[nH]4)c(Sc4cccc5ccccc45)c(Sc4ccccc4)cc3n2)sc(Sc2ccncc2)c1Sc1ncccn1)c1nc(Sc2nc3ccccc3[nH]2)c2c(Sc3ncc[nH]3)c(Sc3cccc4ccccc34)c(Sc3ccccc3)cc2n1. The minimum atomic E-state index is -3.97. The molecule has 0 amide bonds. The van der Waals surface area contributed by atoms with Crippen molar-refractivity contribution in [2.75, 3.05) is 0 Å². The molecule has 20 nitrogen and oxygen atoms in total. The Balaban J connectivity index is 0.746. The molecule has 4 N–H and O–H groups in total. The van der Waals surface area contributed by atoms with E-state index in [9.17, 15) is 0 Å². The van der Waals surface area contributed by atoms with Gasteiger partial charge in [-0.3, -0.25) is 9.97 Å². The van der Waals surface area contributed by atoms with Gasteiger partial charge in [0.05, 0.1) is 69.5 Å². The van der Waals surface area contributed by atoms with Gasteiger partial charge in [0.15, 0.2) is 46.0 Å². The molecular weight excluding hydrogens is 2090 g/mol. The smallest absolute Gasteiger partial charge is 0.233 e. The van der Waals surface area contributed by atoms with Crippen LogP contribution in [-0.4, -0.2) is 98.1 Å². The summed E-state index contributed by atoms with van der Waals surface area (Å²) in [6, 6.07) is 81.1. The van der Waals surface area contributed by atoms with Crippen molar-refractivity contribution in [3.05, 3.63) is 317 Å². The second-order valence-corrected chi connectivity index (χ2v) is 56.6. The van der Waals surface area contributed by atoms with E-state index in [0.29, 0.717) is 90.8 Å². The highest BCUT2D eigenvalue weighted by Gasteiger charge is 2.36. The van der Waals surface area contributed by atoms with E-state index >= 15 is 8.42 Å². The molecule has 22 rings (SSSR count). The molecular formula is C94H56N18O2S21. The monoisotopic (exact) mass is 2140 g/mol. The maximum Gasteiger partial charge on any atom is 0.233 e. The number of fused-ring (bicyclic) bond motifs is 6. The molecule has 0 saturated carbocycles. The third-order valence-corrected chi connectivity index (χ3v) is 46.8. The van der Waals surface area contributed by atoms with Crippen LogP contribution in [0.4, 0.5) is 0 Å². The zero-order chi connectivity index (χ0) is 90.8. The molecule has 22 aromatic rings. The van der Waals surface area contributed by atoms with Crippen molar-refractivity contribution in [1.82, 2.24) is 89.7 Å². The molecule has 0 saturated heterocycles. The number of nitrogens with one attached hydrogen (secondary N) is 4. The topological polar surface area (TPSA) is 278 Å². The highest BCUT2D eigenvalue weighted by atomic mass is 33.4. The number of nitrogens with zero attached hydrogens (tertiary/aromatic N) is 14. The van der Waals surface area contributed by atoms with E-state index in [1.807, 2.05) is 109 Å². The van der Waals surface area contributed by atoms with Crippen molar-refractivity contribution in [3.63, 3.8) is 0 Å². The van der Waals surface area contributed by atoms with Crippen LogP contribution in [0.1, 0.15) is 0 Å². The van der Waals surface area contributed by atoms with E-state index < -0.39 is 15.0 Å². The zero-order valence-corrected chi connectivity index (χ0v) is 85.8. The number of imidazole rings is 4. The Bertz CT molecular complexity index is 7860. The Hall–Kier alpha value is -9.39. The van der Waals surface area contributed by atoms with Crippen molar-refractivity contribution in [3.8, 4) is 0 Å². The average Bonchev–Trinajstić information content (AvgIpc) is 1.44. The van der Waals surface area contributed by atoms with Gasteiger partial charge < -0.3 is 19.9 Å². The normalized spacial score (nSPS) is 12.7. The average molecular weight is 2140 g/mol. The summed E-state index contributed by atoms with van der Waals surface area (Å²) >= 11 is 35.6. The molecule has 0 bridgehead atoms. The van der Waals surface area contributed by atoms with Crippen molar-refractivity contribution in [2.45, 2.75) is 146 Å². The van der Waals surface area contributed by atoms with Gasteiger partial charge in [0.1, 0.15) is 10.1 Å². The second-order valence-electron chi connectivity index (χ2n) is 28.5. The lowest BCUT2D eigenvalue weighted by Crippen LogP contribution is -2.05. The second kappa shape index (κ2) is 41.0. The van der Waals surface area contributed by atoms with Crippen LogP contribution in [0.3, 0.4) is 0 Å². The molecule has 12 heterocycles. The minimum Gasteiger partial charge on any atom is -0.339 e. The lowest BCUT2D eigenvalue weighted by Gasteiger charge is -2.19. The number of H-pyrrole nitrogens is 4. The van der Waals surface area contributed by atoms with Gasteiger partial charge in [0.25, 0.3) is 0 Å². The third kappa shape index (κ3) is 20.5. The highest BCUT2D eigenvalue weighted by molar-refractivity contribution is 8.86. The molecule has 0 aliphatic heterocycles. The lowest BCUT2D eigenvalue weighted by molar-refractivity contribution is 0.682. The molecule has 2 atom stereocenters. The Morgan fingerprint density at radius 2 is 0.674 bits per heavy atom. The van der Waals surface area contributed by atoms with E-state index in [2.05, 4.69) is 151 Å². The summed E-state index contributed by atoms with van der Waals surface area (Å²) in [5.74, 6) is 0. The fraction of sp³-hybridized carbons (Fsp3) is 0. The van der Waals surface area contributed by atoms with Gasteiger partial charge in [0, 0.05) is 166 Å². The van der Waals surface area contributed by atoms with E-state index in [1.165, 1.54) is 129 Å². The van der Waals surface area contributed by atoms with Crippen LogP contribution in [0.5, 0.6) is 0 Å². The van der Waals surface area contributed by atoms with E-state index in [1.54, 1.807) is 134 Å². The minimum absolute atomic E-state index is 0.0995. The summed E-state index contributed by atoms with van der Waals surface area (Å²) in [5.41, 5.74) is 4.08. The summed E-state index contributed by atoms with van der Waals surface area (Å²) in [5, 5.41) is 9.52. The predicted molar refractivity (Wildman–Crippen MR) is 563 cm³/mol. The van der Waals surface area contributed by atoms with Crippen LogP contribution in [0, 0.1) is 0 Å². The number of aromatic nitrogens is 18. The number of aromatic amines is 4. The Morgan fingerprint density at radius 3 is 1.10 bits per heavy atom. The van der Waals surface area contributed by atoms with Crippen LogP contribution < -0.4 is 0 Å². The molecule has 41 heteroatoms. The Labute approximate surface area is 851 Å². The first-order chi connectivity index (χ1) is 66.3. The van der Waals surface area contributed by atoms with Crippen molar-refractivity contribution < 1.29 is 8.42 Å². The number of rotatable bonds is 32. The number of hydrogen-bond acceptors (Lipinski definition) is 35. The molecule has 0 aliphatic carbocycles. The summed E-state index contributed by atoms with van der Waals surface area (Å²) in [4.78, 5) is 97.8. The van der Waals surface area contributed by atoms with Gasteiger partial charge in [-0.1, -0.05) is 216 Å². The standard InChI is InChI=1S/C94H56N18O2S21/c113-134(115,93-109-65-51-69(117-55-23-3-1-4-24-55)73(121-67-33-15-21-53-19-7-9-27-59(53)67)75(124-89-101-47-48-102-89)71(65)81(111-93)128-91-105-61-29-11-12-30-62(61)106-91)132-85-79(77(126-87-97-39-17-40-98-87)83(130-85)119-57-35-43-95-44-36-57)123-80-78(127-88-99-41-18-42-100-88)84(120-58-37-45-96-46-38-58)131-86(80)133-135(114,116)94-110-66-52-70(118-56-25-5-2-6-26-56)74(122-68-34-16-22-54-20-8-10-28-60(54)68)76(125-90-103-49-50-104-90)72(66)82(112-94)129-92-107-63-31-13-14-32-64(63)108-92/h1-52H,(H,101,102)(H,103,104)(H,105,106)(H,107,108). The number of thiophene rings is 2. The number of hydrogen-bond donors (Lipinski definition) is 4. The van der Waals surface area contributed by atoms with Gasteiger partial charge in [-0.15, -0.1) is 22.7 Å². The molecule has 0 fully saturated rings. The van der Waals surface area contributed by atoms with E-state index in [4.69, 9.17) is 82.2 Å². The van der Waals surface area contributed by atoms with Crippen molar-refractivity contribution in [2.24, 2.45) is 0 Å². The summed E-state index contributed by atoms with van der Waals surface area (Å²) in [7, 11) is -5.93. The maximum absolute atomic E-state index is 17.3. The van der Waals surface area contributed by atoms with Gasteiger partial charge in [-0.05, 0) is 223 Å². The van der Waals surface area contributed by atoms with E-state index in [-0.39, 0.29) is 10.3 Å². The molecule has 0 aliphatic rings. The van der Waals surface area contributed by atoms with Crippen LogP contribution in [0.15, 0.2) is 463 Å². The van der Waals surface area contributed by atoms with E-state index in [0.717, 1.165) is 132 Å². The van der Waals surface area contributed by atoms with Crippen LogP contribution in [0.25, 0.3) is 65.4 Å². The summed E-state index contributed by atoms with van der Waals surface area (Å²) in [6.07, 6.45) is 20.9. The molecule has 2 unspecified atom stereocenters. The summed E-state index contributed by atoms with van der Waals surface area (Å²) < 4.78 is 37.3. The first kappa shape index (κ1) is 90.7. The number of para-hydroxylation sites is 4. The first-order valence-corrected chi connectivity index (χ1v) is 60.3. The molecule has 135 heavy (non-hydrogen) atoms. The highest BCUT2D eigenvalue weighted by Crippen LogP contribution is 2.63. The van der Waals surface area contributed by atoms with Crippen molar-refractivity contribution in [1.29, 1.82) is 0 Å². The van der Waals surface area contributed by atoms with Crippen LogP contribution in [0.2, 0.25) is 0 Å². The largest absolute Gasteiger partial charge is 0.339 e. The molecule has 0 spiro atoms. The van der Waals surface area contributed by atoms with Gasteiger partial charge in [-0.25, -0.2) is 68.2 Å². The maximum atomic E-state index is 17.3. The number of pyridine rings is 2. The zero-order valence-electron chi connectivity index (χ0n) is 68.7. The number of benzene rings is 10. The summed E-state index contributed by atoms with van der Waals surface area (Å²) in [6.45, 7) is 0. The predicted octanol–water partition coefficient (Wildman–Crippen LogP) is 29.2. The first-order valence-electron chi connectivity index (χ1n) is 40.4. The van der Waals surface area contributed by atoms with Crippen LogP contribution >= 0.6 is 197 Å². The third-order valence-electron chi connectivity index (χ3n) is 19.7. The van der Waals surface area contributed by atoms with Crippen molar-refractivity contribution >= 4 is 300 Å². The molecule has 10 aromatic carbocycles. The quantitative estimate of drug-likeness (QED) is 0.0173. The fourth-order valence-corrected chi connectivity index (χ4v) is 42.3. The lowest BCUT2D eigenvalue weighted by atomic mass is 10.1. The molecule has 12 aromatic heterocycles. The van der Waals surface area contributed by atoms with Crippen LogP contribution in [-0.2, 0) is 37.4 Å². The Morgan fingerprint density at radius 1 is 0.281 bits per heavy atom.